The van der Waals surface area contributed by atoms with Crippen LogP contribution in [0.3, 0.4) is 0 Å². The van der Waals surface area contributed by atoms with E-state index < -0.39 is 0 Å². The lowest BCUT2D eigenvalue weighted by Crippen LogP contribution is -2.59. The number of carbonyl (C=O) groups is 2. The first kappa shape index (κ1) is 20.1. The predicted octanol–water partition coefficient (Wildman–Crippen LogP) is 1.09. The van der Waals surface area contributed by atoms with Crippen molar-refractivity contribution in [2.24, 2.45) is 0 Å². The van der Waals surface area contributed by atoms with E-state index in [-0.39, 0.29) is 23.5 Å². The molecule has 0 aliphatic carbocycles. The molecule has 1 unspecified atom stereocenters. The zero-order chi connectivity index (χ0) is 20.4. The Bertz CT molecular complexity index is 785. The second-order valence-corrected chi connectivity index (χ2v) is 8.54. The van der Waals surface area contributed by atoms with Crippen molar-refractivity contribution in [2.45, 2.75) is 31.0 Å². The maximum atomic E-state index is 13.0. The van der Waals surface area contributed by atoms with Crippen LogP contribution in [0, 0.1) is 0 Å². The number of hydroxylamine groups is 3. The van der Waals surface area contributed by atoms with Gasteiger partial charge < -0.3 is 9.80 Å². The third kappa shape index (κ3) is 3.70. The zero-order valence-corrected chi connectivity index (χ0v) is 17.4. The van der Waals surface area contributed by atoms with Gasteiger partial charge in [-0.3, -0.25) is 14.9 Å². The van der Waals surface area contributed by atoms with Crippen LogP contribution >= 0.6 is 11.8 Å². The standard InChI is InChI=1S/C20H27N5O3S/c1-3-8-24-19(27)17(5-12-29-2)22-20(24)6-10-23(11-7-20)18(26)15-4-9-25-16(13-15)14-21-28-25/h3-4,9,13-14,17,21-22H,1,5-8,10-12H2,2H3. The molecule has 1 atom stereocenters. The minimum Gasteiger partial charge on any atom is -0.338 e. The summed E-state index contributed by atoms with van der Waals surface area (Å²) in [5.74, 6) is 1.09. The third-order valence-corrected chi connectivity index (χ3v) is 6.52. The van der Waals surface area contributed by atoms with Gasteiger partial charge >= 0.3 is 0 Å². The number of rotatable bonds is 6. The van der Waals surface area contributed by atoms with Gasteiger partial charge in [0.25, 0.3) is 5.91 Å². The number of piperidine rings is 1. The number of hydrogen-bond acceptors (Lipinski definition) is 7. The number of carbonyl (C=O) groups excluding carboxylic acids is 2. The average molecular weight is 418 g/mol. The van der Waals surface area contributed by atoms with Crippen LogP contribution in [0.1, 0.15) is 19.3 Å². The van der Waals surface area contributed by atoms with E-state index in [0.29, 0.717) is 38.0 Å². The van der Waals surface area contributed by atoms with Crippen molar-refractivity contribution in [3.8, 4) is 0 Å². The van der Waals surface area contributed by atoms with Gasteiger partial charge in [0.05, 0.1) is 23.6 Å². The van der Waals surface area contributed by atoms with Crippen molar-refractivity contribution < 1.29 is 14.5 Å². The van der Waals surface area contributed by atoms with Crippen molar-refractivity contribution in [3.05, 3.63) is 48.5 Å². The molecule has 2 fully saturated rings. The molecule has 0 radical (unpaired) electrons. The molecular weight excluding hydrogens is 390 g/mol. The van der Waals surface area contributed by atoms with Gasteiger partial charge in [0, 0.05) is 44.2 Å². The monoisotopic (exact) mass is 417 g/mol. The van der Waals surface area contributed by atoms with Crippen molar-refractivity contribution in [1.82, 2.24) is 25.7 Å². The van der Waals surface area contributed by atoms with E-state index in [2.05, 4.69) is 23.6 Å². The van der Waals surface area contributed by atoms with E-state index in [4.69, 9.17) is 4.94 Å². The number of allylic oxidation sites excluding steroid dienone is 1. The lowest BCUT2D eigenvalue weighted by atomic mass is 9.95. The summed E-state index contributed by atoms with van der Waals surface area (Å²) in [6.07, 6.45) is 13.1. The fourth-order valence-electron chi connectivity index (χ4n) is 4.33. The smallest absolute Gasteiger partial charge is 0.253 e. The van der Waals surface area contributed by atoms with Crippen LogP contribution in [0.5, 0.6) is 0 Å². The summed E-state index contributed by atoms with van der Waals surface area (Å²) in [5, 5.41) is 5.17. The molecule has 2 saturated heterocycles. The fourth-order valence-corrected chi connectivity index (χ4v) is 4.81. The molecule has 8 nitrogen and oxygen atoms in total. The van der Waals surface area contributed by atoms with Crippen LogP contribution < -0.4 is 10.8 Å². The summed E-state index contributed by atoms with van der Waals surface area (Å²) in [6, 6.07) is -0.151. The van der Waals surface area contributed by atoms with Gasteiger partial charge in [-0.1, -0.05) is 6.08 Å². The number of hydrogen-bond donors (Lipinski definition) is 2. The van der Waals surface area contributed by atoms with Crippen LogP contribution in [-0.4, -0.2) is 70.0 Å². The lowest BCUT2D eigenvalue weighted by molar-refractivity contribution is -0.134. The van der Waals surface area contributed by atoms with E-state index >= 15 is 0 Å². The van der Waals surface area contributed by atoms with Crippen LogP contribution in [0.4, 0.5) is 0 Å². The Morgan fingerprint density at radius 3 is 2.97 bits per heavy atom. The van der Waals surface area contributed by atoms with Crippen LogP contribution in [0.25, 0.3) is 0 Å². The molecule has 0 aromatic heterocycles. The summed E-state index contributed by atoms with van der Waals surface area (Å²) >= 11 is 1.75. The molecule has 4 aliphatic heterocycles. The summed E-state index contributed by atoms with van der Waals surface area (Å²) in [6.45, 7) is 5.56. The normalized spacial score (nSPS) is 25.1. The highest BCUT2D eigenvalue weighted by Crippen LogP contribution is 2.34. The van der Waals surface area contributed by atoms with Crippen molar-refractivity contribution >= 4 is 23.6 Å². The first-order valence-corrected chi connectivity index (χ1v) is 11.3. The molecule has 29 heavy (non-hydrogen) atoms. The highest BCUT2D eigenvalue weighted by Gasteiger charge is 2.51. The number of likely N-dealkylation sites (tertiary alicyclic amines) is 1. The Morgan fingerprint density at radius 1 is 1.45 bits per heavy atom. The minimum absolute atomic E-state index is 0.00192. The van der Waals surface area contributed by atoms with E-state index in [1.807, 2.05) is 15.9 Å². The van der Waals surface area contributed by atoms with Gasteiger partial charge in [-0.05, 0) is 30.6 Å². The largest absolute Gasteiger partial charge is 0.338 e. The van der Waals surface area contributed by atoms with Crippen LogP contribution in [0.2, 0.25) is 0 Å². The van der Waals surface area contributed by atoms with Crippen LogP contribution in [-0.2, 0) is 14.5 Å². The highest BCUT2D eigenvalue weighted by atomic mass is 32.2. The van der Waals surface area contributed by atoms with Crippen LogP contribution in [0.15, 0.2) is 48.5 Å². The van der Waals surface area contributed by atoms with Crippen molar-refractivity contribution in [1.29, 1.82) is 0 Å². The quantitative estimate of drug-likeness (QED) is 0.627. The van der Waals surface area contributed by atoms with E-state index in [0.717, 1.165) is 17.9 Å². The second-order valence-electron chi connectivity index (χ2n) is 7.56. The maximum Gasteiger partial charge on any atom is 0.253 e. The van der Waals surface area contributed by atoms with Gasteiger partial charge in [-0.25, -0.2) is 10.5 Å². The van der Waals surface area contributed by atoms with Gasteiger partial charge in [0.1, 0.15) is 0 Å². The SMILES string of the molecule is C=CCN1C(=O)C(CCSC)NC12CCN(C(=O)C1=CC3=CNON3C=C1)CC2. The summed E-state index contributed by atoms with van der Waals surface area (Å²) < 4.78 is 0. The number of thioether (sulfide) groups is 1. The molecule has 0 aromatic rings. The van der Waals surface area contributed by atoms with Gasteiger partial charge in [0.15, 0.2) is 0 Å². The Hall–Kier alpha value is -2.23. The molecule has 0 aromatic carbocycles. The van der Waals surface area contributed by atoms with E-state index in [1.54, 1.807) is 41.4 Å². The van der Waals surface area contributed by atoms with Crippen molar-refractivity contribution in [3.63, 3.8) is 0 Å². The van der Waals surface area contributed by atoms with E-state index in [1.165, 1.54) is 0 Å². The number of fused-ring (bicyclic) bond motifs is 1. The molecule has 9 heteroatoms. The van der Waals surface area contributed by atoms with Crippen molar-refractivity contribution in [2.75, 3.05) is 31.6 Å². The topological polar surface area (TPSA) is 77.2 Å². The Kier molecular flexibility index (Phi) is 5.71. The zero-order valence-electron chi connectivity index (χ0n) is 16.6. The second kappa shape index (κ2) is 8.25. The summed E-state index contributed by atoms with van der Waals surface area (Å²) in [7, 11) is 0. The molecule has 2 N–H and O–H groups in total. The molecule has 4 heterocycles. The molecule has 1 spiro atoms. The first-order valence-electron chi connectivity index (χ1n) is 9.88. The van der Waals surface area contributed by atoms with Gasteiger partial charge in [-0.15, -0.1) is 6.58 Å². The molecular formula is C20H27N5O3S. The maximum absolute atomic E-state index is 13.0. The summed E-state index contributed by atoms with van der Waals surface area (Å²) in [5.41, 5.74) is 3.70. The lowest BCUT2D eigenvalue weighted by Gasteiger charge is -2.44. The first-order chi connectivity index (χ1) is 14.1. The molecule has 2 amide bonds. The Labute approximate surface area is 175 Å². The number of nitrogens with zero attached hydrogens (tertiary/aromatic N) is 3. The predicted molar refractivity (Wildman–Crippen MR) is 112 cm³/mol. The average Bonchev–Trinajstić information content (AvgIpc) is 3.31. The molecule has 0 bridgehead atoms. The Morgan fingerprint density at radius 2 is 2.24 bits per heavy atom. The summed E-state index contributed by atoms with van der Waals surface area (Å²) in [4.78, 5) is 34.9. The molecule has 0 saturated carbocycles. The highest BCUT2D eigenvalue weighted by molar-refractivity contribution is 7.98. The number of nitrogens with one attached hydrogen (secondary N) is 2. The molecule has 4 aliphatic rings. The third-order valence-electron chi connectivity index (χ3n) is 5.88. The van der Waals surface area contributed by atoms with Gasteiger partial charge in [0.2, 0.25) is 5.91 Å². The van der Waals surface area contributed by atoms with E-state index in [9.17, 15) is 9.59 Å². The molecule has 4 rings (SSSR count). The van der Waals surface area contributed by atoms with Gasteiger partial charge in [-0.2, -0.15) is 16.7 Å². The fraction of sp³-hybridized carbons (Fsp3) is 0.500. The molecule has 156 valence electrons. The minimum atomic E-state index is -0.384. The number of amides is 2. The Balaban J connectivity index is 1.43.